The highest BCUT2D eigenvalue weighted by Crippen LogP contribution is 2.08. The van der Waals surface area contributed by atoms with Gasteiger partial charge < -0.3 is 4.79 Å². The third kappa shape index (κ3) is 4.19. The lowest BCUT2D eigenvalue weighted by atomic mass is 10.0. The second-order valence-corrected chi connectivity index (χ2v) is 2.30. The summed E-state index contributed by atoms with van der Waals surface area (Å²) < 4.78 is 0. The summed E-state index contributed by atoms with van der Waals surface area (Å²) in [5.74, 6) is 0.284. The van der Waals surface area contributed by atoms with E-state index >= 15 is 0 Å². The molecule has 0 aliphatic carbocycles. The van der Waals surface area contributed by atoms with Crippen LogP contribution in [0.1, 0.15) is 32.6 Å². The van der Waals surface area contributed by atoms with Crippen LogP contribution >= 0.6 is 0 Å². The summed E-state index contributed by atoms with van der Waals surface area (Å²) in [6, 6.07) is 0. The molecule has 0 heterocycles. The maximum Gasteiger partial charge on any atom is 0.123 e. The Kier molecular flexibility index (Phi) is 5.59. The van der Waals surface area contributed by atoms with Crippen LogP contribution in [-0.4, -0.2) is 6.29 Å². The largest absolute Gasteiger partial charge is 0.303 e. The van der Waals surface area contributed by atoms with Crippen molar-refractivity contribution in [2.75, 3.05) is 0 Å². The van der Waals surface area contributed by atoms with Crippen LogP contribution in [0.15, 0.2) is 0 Å². The Morgan fingerprint density at radius 2 is 2.33 bits per heavy atom. The Balaban J connectivity index is 3.20. The van der Waals surface area contributed by atoms with E-state index in [1.54, 1.807) is 0 Å². The normalized spacial score (nSPS) is 13.1. The molecule has 9 heavy (non-hydrogen) atoms. The van der Waals surface area contributed by atoms with Crippen molar-refractivity contribution < 1.29 is 4.79 Å². The van der Waals surface area contributed by atoms with E-state index in [1.807, 2.05) is 6.92 Å². The molecule has 0 aliphatic heterocycles. The Bertz CT molecular complexity index is 69.0. The Labute approximate surface area is 57.5 Å². The summed E-state index contributed by atoms with van der Waals surface area (Å²) in [6.07, 6.45) is 5.07. The lowest BCUT2D eigenvalue weighted by Gasteiger charge is -2.03. The summed E-state index contributed by atoms with van der Waals surface area (Å²) in [4.78, 5) is 10.2. The van der Waals surface area contributed by atoms with Crippen LogP contribution in [0.2, 0.25) is 0 Å². The topological polar surface area (TPSA) is 17.1 Å². The Morgan fingerprint density at radius 1 is 1.67 bits per heavy atom. The SMILES string of the molecule is [CH2]CCCC(C=O)CC. The van der Waals surface area contributed by atoms with Crippen LogP contribution in [0.5, 0.6) is 0 Å². The van der Waals surface area contributed by atoms with Crippen LogP contribution < -0.4 is 0 Å². The van der Waals surface area contributed by atoms with E-state index in [-0.39, 0.29) is 5.92 Å². The average molecular weight is 127 g/mol. The number of carbonyl (C=O) groups excluding carboxylic acids is 1. The van der Waals surface area contributed by atoms with Crippen molar-refractivity contribution in [2.45, 2.75) is 32.6 Å². The molecular formula is C8H15O. The molecule has 1 nitrogen and oxygen atoms in total. The molecule has 0 aromatic heterocycles. The minimum atomic E-state index is 0.284. The summed E-state index contributed by atoms with van der Waals surface area (Å²) >= 11 is 0. The van der Waals surface area contributed by atoms with Gasteiger partial charge in [-0.3, -0.25) is 0 Å². The van der Waals surface area contributed by atoms with Crippen molar-refractivity contribution >= 4 is 6.29 Å². The second-order valence-electron chi connectivity index (χ2n) is 2.30. The molecular weight excluding hydrogens is 112 g/mol. The number of hydrogen-bond donors (Lipinski definition) is 0. The fraction of sp³-hybridized carbons (Fsp3) is 0.750. The van der Waals surface area contributed by atoms with Crippen LogP contribution in [0.25, 0.3) is 0 Å². The van der Waals surface area contributed by atoms with Gasteiger partial charge in [-0.05, 0) is 12.8 Å². The van der Waals surface area contributed by atoms with Crippen LogP contribution in [0.4, 0.5) is 0 Å². The summed E-state index contributed by atoms with van der Waals surface area (Å²) in [6.45, 7) is 5.75. The molecule has 0 bridgehead atoms. The fourth-order valence-corrected chi connectivity index (χ4v) is 0.775. The zero-order chi connectivity index (χ0) is 7.11. The van der Waals surface area contributed by atoms with E-state index in [2.05, 4.69) is 6.92 Å². The monoisotopic (exact) mass is 127 g/mol. The Morgan fingerprint density at radius 3 is 2.67 bits per heavy atom. The van der Waals surface area contributed by atoms with Gasteiger partial charge in [0.25, 0.3) is 0 Å². The fourth-order valence-electron chi connectivity index (χ4n) is 0.775. The van der Waals surface area contributed by atoms with Gasteiger partial charge in [0.2, 0.25) is 0 Å². The lowest BCUT2D eigenvalue weighted by Crippen LogP contribution is -1.98. The summed E-state index contributed by atoms with van der Waals surface area (Å²) in [5, 5.41) is 0. The molecule has 0 saturated carbocycles. The summed E-state index contributed by atoms with van der Waals surface area (Å²) in [5.41, 5.74) is 0. The number of hydrogen-bond acceptors (Lipinski definition) is 1. The predicted octanol–water partition coefficient (Wildman–Crippen LogP) is 2.22. The van der Waals surface area contributed by atoms with E-state index in [0.29, 0.717) is 0 Å². The highest BCUT2D eigenvalue weighted by Gasteiger charge is 2.01. The first-order chi connectivity index (χ1) is 4.35. The lowest BCUT2D eigenvalue weighted by molar-refractivity contribution is -0.111. The maximum absolute atomic E-state index is 10.2. The zero-order valence-corrected chi connectivity index (χ0v) is 6.10. The van der Waals surface area contributed by atoms with Crippen LogP contribution in [0, 0.1) is 12.8 Å². The van der Waals surface area contributed by atoms with Crippen molar-refractivity contribution in [1.82, 2.24) is 0 Å². The maximum atomic E-state index is 10.2. The van der Waals surface area contributed by atoms with Crippen LogP contribution in [-0.2, 0) is 4.79 Å². The van der Waals surface area contributed by atoms with Crippen molar-refractivity contribution in [1.29, 1.82) is 0 Å². The quantitative estimate of drug-likeness (QED) is 0.517. The molecule has 0 aromatic carbocycles. The number of aldehydes is 1. The first-order valence-corrected chi connectivity index (χ1v) is 3.59. The van der Waals surface area contributed by atoms with Gasteiger partial charge in [0.15, 0.2) is 0 Å². The molecule has 0 amide bonds. The third-order valence-electron chi connectivity index (χ3n) is 1.54. The molecule has 0 saturated heterocycles. The molecule has 0 fully saturated rings. The predicted molar refractivity (Wildman–Crippen MR) is 39.1 cm³/mol. The summed E-state index contributed by atoms with van der Waals surface area (Å²) in [7, 11) is 0. The Hall–Kier alpha value is -0.330. The van der Waals surface area contributed by atoms with Gasteiger partial charge in [-0.2, -0.15) is 0 Å². The minimum absolute atomic E-state index is 0.284. The first kappa shape index (κ1) is 8.67. The van der Waals surface area contributed by atoms with Crippen molar-refractivity contribution in [3.05, 3.63) is 6.92 Å². The zero-order valence-electron chi connectivity index (χ0n) is 6.10. The highest BCUT2D eigenvalue weighted by molar-refractivity contribution is 5.53. The highest BCUT2D eigenvalue weighted by atomic mass is 16.1. The van der Waals surface area contributed by atoms with Gasteiger partial charge in [0.1, 0.15) is 6.29 Å². The third-order valence-corrected chi connectivity index (χ3v) is 1.54. The smallest absolute Gasteiger partial charge is 0.123 e. The first-order valence-electron chi connectivity index (χ1n) is 3.59. The van der Waals surface area contributed by atoms with Gasteiger partial charge in [-0.25, -0.2) is 0 Å². The molecule has 0 N–H and O–H groups in total. The van der Waals surface area contributed by atoms with E-state index in [1.165, 1.54) is 0 Å². The molecule has 0 aromatic rings. The molecule has 0 rings (SSSR count). The van der Waals surface area contributed by atoms with E-state index < -0.39 is 0 Å². The number of rotatable bonds is 5. The molecule has 1 unspecified atom stereocenters. The van der Waals surface area contributed by atoms with Gasteiger partial charge in [-0.15, -0.1) is 0 Å². The molecule has 0 spiro atoms. The van der Waals surface area contributed by atoms with E-state index in [9.17, 15) is 4.79 Å². The van der Waals surface area contributed by atoms with Crippen molar-refractivity contribution in [3.63, 3.8) is 0 Å². The minimum Gasteiger partial charge on any atom is -0.303 e. The van der Waals surface area contributed by atoms with Gasteiger partial charge >= 0.3 is 0 Å². The van der Waals surface area contributed by atoms with Crippen molar-refractivity contribution in [3.8, 4) is 0 Å². The number of carbonyl (C=O) groups is 1. The molecule has 1 atom stereocenters. The standard InChI is InChI=1S/C8H15O/c1-3-5-6-8(4-2)7-9/h7-8H,1,3-6H2,2H3. The van der Waals surface area contributed by atoms with Crippen molar-refractivity contribution in [2.24, 2.45) is 5.92 Å². The second kappa shape index (κ2) is 5.80. The van der Waals surface area contributed by atoms with E-state index in [0.717, 1.165) is 32.0 Å². The van der Waals surface area contributed by atoms with Crippen LogP contribution in [0.3, 0.4) is 0 Å². The van der Waals surface area contributed by atoms with E-state index in [4.69, 9.17) is 0 Å². The molecule has 1 radical (unpaired) electrons. The molecule has 1 heteroatoms. The average Bonchev–Trinajstić information content (AvgIpc) is 1.91. The van der Waals surface area contributed by atoms with Gasteiger partial charge in [-0.1, -0.05) is 26.7 Å². The number of unbranched alkanes of at least 4 members (excludes halogenated alkanes) is 1. The van der Waals surface area contributed by atoms with Gasteiger partial charge in [0.05, 0.1) is 0 Å². The van der Waals surface area contributed by atoms with Gasteiger partial charge in [0, 0.05) is 5.92 Å². The molecule has 0 aliphatic rings. The molecule has 53 valence electrons.